The first-order chi connectivity index (χ1) is 9.33. The quantitative estimate of drug-likeness (QED) is 0.852. The maximum Gasteiger partial charge on any atom is 0.222 e. The van der Waals surface area contributed by atoms with E-state index in [0.29, 0.717) is 13.0 Å². The number of hydrogen-bond donors (Lipinski definition) is 1. The van der Waals surface area contributed by atoms with E-state index in [1.54, 1.807) is 6.33 Å². The molecule has 4 heteroatoms. The van der Waals surface area contributed by atoms with Gasteiger partial charge in [0.15, 0.2) is 0 Å². The normalized spacial score (nSPS) is 18.0. The number of rotatable bonds is 4. The molecule has 3 rings (SSSR count). The first-order valence-electron chi connectivity index (χ1n) is 6.69. The largest absolute Gasteiger partial charge is 0.350 e. The molecule has 0 spiro atoms. The Morgan fingerprint density at radius 3 is 3.16 bits per heavy atom. The Balaban J connectivity index is 1.59. The van der Waals surface area contributed by atoms with Gasteiger partial charge in [0.1, 0.15) is 0 Å². The zero-order valence-corrected chi connectivity index (χ0v) is 10.7. The Kier molecular flexibility index (Phi) is 3.31. The Bertz CT molecular complexity index is 615. The lowest BCUT2D eigenvalue weighted by atomic mass is 10.2. The number of fused-ring (bicyclic) bond motifs is 1. The monoisotopic (exact) mass is 255 g/mol. The van der Waals surface area contributed by atoms with Crippen LogP contribution in [-0.2, 0) is 11.3 Å². The molecule has 19 heavy (non-hydrogen) atoms. The van der Waals surface area contributed by atoms with Gasteiger partial charge in [0.05, 0.1) is 17.4 Å². The maximum absolute atomic E-state index is 11.9. The van der Waals surface area contributed by atoms with Gasteiger partial charge in [-0.25, -0.2) is 4.98 Å². The molecule has 0 aliphatic heterocycles. The minimum absolute atomic E-state index is 0.106. The Morgan fingerprint density at radius 2 is 2.32 bits per heavy atom. The van der Waals surface area contributed by atoms with Gasteiger partial charge in [-0.3, -0.25) is 4.79 Å². The van der Waals surface area contributed by atoms with E-state index in [-0.39, 0.29) is 11.9 Å². The Hall–Kier alpha value is -2.10. The van der Waals surface area contributed by atoms with Crippen LogP contribution in [0.5, 0.6) is 0 Å². The van der Waals surface area contributed by atoms with E-state index < -0.39 is 0 Å². The molecule has 1 heterocycles. The molecule has 0 radical (unpaired) electrons. The van der Waals surface area contributed by atoms with E-state index in [2.05, 4.69) is 22.5 Å². The molecular weight excluding hydrogens is 238 g/mol. The molecule has 1 aromatic carbocycles. The molecule has 4 nitrogen and oxygen atoms in total. The fourth-order valence-corrected chi connectivity index (χ4v) is 2.44. The Morgan fingerprint density at radius 1 is 1.42 bits per heavy atom. The minimum atomic E-state index is 0.106. The molecule has 1 aliphatic carbocycles. The highest BCUT2D eigenvalue weighted by Crippen LogP contribution is 2.12. The van der Waals surface area contributed by atoms with Crippen LogP contribution in [0.25, 0.3) is 11.0 Å². The van der Waals surface area contributed by atoms with Gasteiger partial charge >= 0.3 is 0 Å². The average molecular weight is 255 g/mol. The summed E-state index contributed by atoms with van der Waals surface area (Å²) in [6.45, 7) is 0.669. The lowest BCUT2D eigenvalue weighted by molar-refractivity contribution is -0.121. The molecule has 1 amide bonds. The second kappa shape index (κ2) is 5.26. The predicted octanol–water partition coefficient (Wildman–Crippen LogP) is 2.26. The molecule has 0 saturated carbocycles. The topological polar surface area (TPSA) is 46.9 Å². The SMILES string of the molecule is O=C(CCn1cnc2ccccc21)NC1C=CCC1. The number of carbonyl (C=O) groups excluding carboxylic acids is 1. The second-order valence-electron chi connectivity index (χ2n) is 4.86. The van der Waals surface area contributed by atoms with Crippen molar-refractivity contribution in [2.45, 2.75) is 31.8 Å². The molecule has 1 N–H and O–H groups in total. The van der Waals surface area contributed by atoms with Crippen LogP contribution in [0, 0.1) is 0 Å². The number of aryl methyl sites for hydroxylation is 1. The summed E-state index contributed by atoms with van der Waals surface area (Å²) in [5, 5.41) is 3.03. The van der Waals surface area contributed by atoms with Crippen LogP contribution < -0.4 is 5.32 Å². The smallest absolute Gasteiger partial charge is 0.222 e. The van der Waals surface area contributed by atoms with Crippen LogP contribution in [-0.4, -0.2) is 21.5 Å². The summed E-state index contributed by atoms with van der Waals surface area (Å²) in [7, 11) is 0. The zero-order chi connectivity index (χ0) is 13.1. The third-order valence-electron chi connectivity index (χ3n) is 3.47. The van der Waals surface area contributed by atoms with E-state index in [1.807, 2.05) is 28.8 Å². The molecule has 0 saturated heterocycles. The summed E-state index contributed by atoms with van der Waals surface area (Å²) in [6, 6.07) is 8.20. The number of imidazole rings is 1. The predicted molar refractivity (Wildman–Crippen MR) is 74.7 cm³/mol. The molecular formula is C15H17N3O. The van der Waals surface area contributed by atoms with Crippen LogP contribution >= 0.6 is 0 Å². The number of allylic oxidation sites excluding steroid dienone is 1. The molecule has 2 aromatic rings. The van der Waals surface area contributed by atoms with Gasteiger partial charge in [0, 0.05) is 19.0 Å². The van der Waals surface area contributed by atoms with Crippen molar-refractivity contribution in [2.75, 3.05) is 0 Å². The van der Waals surface area contributed by atoms with Crippen LogP contribution in [0.15, 0.2) is 42.7 Å². The van der Waals surface area contributed by atoms with Crippen molar-refractivity contribution in [3.05, 3.63) is 42.7 Å². The lowest BCUT2D eigenvalue weighted by Gasteiger charge is -2.11. The highest BCUT2D eigenvalue weighted by molar-refractivity contribution is 5.77. The summed E-state index contributed by atoms with van der Waals surface area (Å²) in [4.78, 5) is 16.2. The highest BCUT2D eigenvalue weighted by Gasteiger charge is 2.12. The molecule has 98 valence electrons. The molecule has 1 aliphatic rings. The van der Waals surface area contributed by atoms with Crippen molar-refractivity contribution >= 4 is 16.9 Å². The van der Waals surface area contributed by atoms with E-state index >= 15 is 0 Å². The van der Waals surface area contributed by atoms with Crippen LogP contribution in [0.4, 0.5) is 0 Å². The summed E-state index contributed by atoms with van der Waals surface area (Å²) < 4.78 is 2.03. The number of aromatic nitrogens is 2. The van der Waals surface area contributed by atoms with Crippen LogP contribution in [0.3, 0.4) is 0 Å². The van der Waals surface area contributed by atoms with Crippen molar-refractivity contribution in [1.29, 1.82) is 0 Å². The van der Waals surface area contributed by atoms with E-state index in [1.165, 1.54) is 0 Å². The number of nitrogens with one attached hydrogen (secondary N) is 1. The first-order valence-corrected chi connectivity index (χ1v) is 6.69. The second-order valence-corrected chi connectivity index (χ2v) is 4.86. The number of amides is 1. The number of carbonyl (C=O) groups is 1. The first kappa shape index (κ1) is 12.0. The van der Waals surface area contributed by atoms with Crippen molar-refractivity contribution in [3.63, 3.8) is 0 Å². The molecule has 0 fully saturated rings. The average Bonchev–Trinajstić information content (AvgIpc) is 3.05. The third-order valence-corrected chi connectivity index (χ3v) is 3.47. The van der Waals surface area contributed by atoms with Gasteiger partial charge in [-0.05, 0) is 25.0 Å². The molecule has 0 bridgehead atoms. The van der Waals surface area contributed by atoms with Gasteiger partial charge in [0.25, 0.3) is 0 Å². The standard InChI is InChI=1S/C15H17N3O/c19-15(17-12-5-1-2-6-12)9-10-18-11-16-13-7-3-4-8-14(13)18/h1,3-5,7-8,11-12H,2,6,9-10H2,(H,17,19). The summed E-state index contributed by atoms with van der Waals surface area (Å²) in [5.41, 5.74) is 2.05. The Labute approximate surface area is 112 Å². The molecule has 1 unspecified atom stereocenters. The number of para-hydroxylation sites is 2. The lowest BCUT2D eigenvalue weighted by Crippen LogP contribution is -2.32. The van der Waals surface area contributed by atoms with Gasteiger partial charge in [-0.15, -0.1) is 0 Å². The fourth-order valence-electron chi connectivity index (χ4n) is 2.44. The van der Waals surface area contributed by atoms with Gasteiger partial charge in [-0.2, -0.15) is 0 Å². The van der Waals surface area contributed by atoms with Gasteiger partial charge < -0.3 is 9.88 Å². The van der Waals surface area contributed by atoms with Crippen molar-refractivity contribution in [2.24, 2.45) is 0 Å². The molecule has 1 aromatic heterocycles. The van der Waals surface area contributed by atoms with Crippen molar-refractivity contribution in [1.82, 2.24) is 14.9 Å². The summed E-state index contributed by atoms with van der Waals surface area (Å²) >= 11 is 0. The van der Waals surface area contributed by atoms with Crippen LogP contribution in [0.2, 0.25) is 0 Å². The number of hydrogen-bond acceptors (Lipinski definition) is 2. The molecule has 1 atom stereocenters. The van der Waals surface area contributed by atoms with Crippen molar-refractivity contribution in [3.8, 4) is 0 Å². The highest BCUT2D eigenvalue weighted by atomic mass is 16.1. The third kappa shape index (κ3) is 2.67. The van der Waals surface area contributed by atoms with Gasteiger partial charge in [-0.1, -0.05) is 24.3 Å². The number of benzene rings is 1. The summed E-state index contributed by atoms with van der Waals surface area (Å²) in [6.07, 6.45) is 8.58. The minimum Gasteiger partial charge on any atom is -0.350 e. The van der Waals surface area contributed by atoms with E-state index in [9.17, 15) is 4.79 Å². The van der Waals surface area contributed by atoms with E-state index in [0.717, 1.165) is 23.9 Å². The van der Waals surface area contributed by atoms with Crippen LogP contribution in [0.1, 0.15) is 19.3 Å². The fraction of sp³-hybridized carbons (Fsp3) is 0.333. The summed E-state index contributed by atoms with van der Waals surface area (Å²) in [5.74, 6) is 0.106. The maximum atomic E-state index is 11.9. The zero-order valence-electron chi connectivity index (χ0n) is 10.7. The van der Waals surface area contributed by atoms with E-state index in [4.69, 9.17) is 0 Å². The van der Waals surface area contributed by atoms with Gasteiger partial charge in [0.2, 0.25) is 5.91 Å². The van der Waals surface area contributed by atoms with Crippen molar-refractivity contribution < 1.29 is 4.79 Å². The number of nitrogens with zero attached hydrogens (tertiary/aromatic N) is 2.